The first-order valence-corrected chi connectivity index (χ1v) is 19.3. The van der Waals surface area contributed by atoms with E-state index < -0.39 is 14.4 Å². The fourth-order valence-electron chi connectivity index (χ4n) is 7.39. The van der Waals surface area contributed by atoms with Crippen LogP contribution in [0.15, 0.2) is 77.3 Å². The van der Waals surface area contributed by atoms with Crippen molar-refractivity contribution in [1.29, 1.82) is 0 Å². The van der Waals surface area contributed by atoms with Gasteiger partial charge in [0.1, 0.15) is 5.75 Å². The van der Waals surface area contributed by atoms with E-state index in [-0.39, 0.29) is 10.5 Å². The second kappa shape index (κ2) is 14.1. The van der Waals surface area contributed by atoms with Crippen molar-refractivity contribution in [1.82, 2.24) is 15.0 Å². The highest BCUT2D eigenvalue weighted by Crippen LogP contribution is 2.48. The molecule has 9 heteroatoms. The molecular weight excluding hydrogens is 619 g/mol. The second-order valence-corrected chi connectivity index (χ2v) is 19.6. The molecule has 0 bridgehead atoms. The average molecular weight is 670 g/mol. The third-order valence-corrected chi connectivity index (χ3v) is 15.4. The van der Waals surface area contributed by atoms with E-state index in [9.17, 15) is 9.90 Å². The molecule has 2 heterocycles. The lowest BCUT2D eigenvalue weighted by molar-refractivity contribution is 0.123. The van der Waals surface area contributed by atoms with Crippen molar-refractivity contribution in [3.8, 4) is 5.75 Å². The van der Waals surface area contributed by atoms with Gasteiger partial charge in [0.25, 0.3) is 8.32 Å². The third kappa shape index (κ3) is 7.19. The van der Waals surface area contributed by atoms with E-state index in [1.54, 1.807) is 0 Å². The number of amides is 1. The Morgan fingerprint density at radius 3 is 2.15 bits per heavy atom. The highest BCUT2D eigenvalue weighted by atomic mass is 28.4. The summed E-state index contributed by atoms with van der Waals surface area (Å²) in [5.41, 5.74) is 2.76. The lowest BCUT2D eigenvalue weighted by Crippen LogP contribution is -2.67. The molecule has 256 valence electrons. The monoisotopic (exact) mass is 669 g/mol. The Labute approximate surface area is 286 Å². The predicted molar refractivity (Wildman–Crippen MR) is 193 cm³/mol. The highest BCUT2D eigenvalue weighted by molar-refractivity contribution is 6.99. The number of fused-ring (bicyclic) bond motifs is 1. The molecular formula is C39H51N3O5Si. The molecule has 8 nitrogen and oxygen atoms in total. The Kier molecular flexibility index (Phi) is 10.0. The SMILES string of the molecule is CN(C)Cc1c(OCC2(CO[Si](c3ccccc3)(c3ccccc3)C(C)(C)C)CC2)ccc2c(CCC3CCN(C(=O)O)CC3)noc12. The number of nitrogens with zero attached hydrogens (tertiary/aromatic N) is 3. The van der Waals surface area contributed by atoms with Crippen LogP contribution < -0.4 is 15.1 Å². The second-order valence-electron chi connectivity index (χ2n) is 15.3. The topological polar surface area (TPSA) is 88.3 Å². The minimum Gasteiger partial charge on any atom is -0.492 e. The summed E-state index contributed by atoms with van der Waals surface area (Å²) in [6.07, 6.45) is 4.92. The maximum atomic E-state index is 11.3. The molecule has 1 aliphatic heterocycles. The van der Waals surface area contributed by atoms with Crippen LogP contribution in [-0.2, 0) is 17.4 Å². The molecule has 48 heavy (non-hydrogen) atoms. The molecule has 0 atom stereocenters. The van der Waals surface area contributed by atoms with Crippen molar-refractivity contribution in [2.75, 3.05) is 40.4 Å². The van der Waals surface area contributed by atoms with Gasteiger partial charge < -0.3 is 28.6 Å². The van der Waals surface area contributed by atoms with Crippen molar-refractivity contribution in [3.63, 3.8) is 0 Å². The number of rotatable bonds is 13. The Morgan fingerprint density at radius 1 is 0.979 bits per heavy atom. The molecule has 0 unspecified atom stereocenters. The minimum absolute atomic E-state index is 0.0276. The summed E-state index contributed by atoms with van der Waals surface area (Å²) in [5, 5.41) is 17.4. The van der Waals surface area contributed by atoms with Gasteiger partial charge in [-0.3, -0.25) is 0 Å². The van der Waals surface area contributed by atoms with Crippen LogP contribution in [0.2, 0.25) is 5.04 Å². The van der Waals surface area contributed by atoms with Gasteiger partial charge in [0.05, 0.1) is 17.9 Å². The van der Waals surface area contributed by atoms with Gasteiger partial charge in [-0.15, -0.1) is 0 Å². The summed E-state index contributed by atoms with van der Waals surface area (Å²) in [4.78, 5) is 14.9. The van der Waals surface area contributed by atoms with Crippen LogP contribution in [-0.4, -0.2) is 74.9 Å². The van der Waals surface area contributed by atoms with Crippen molar-refractivity contribution in [2.45, 2.75) is 70.9 Å². The molecule has 4 aromatic rings. The van der Waals surface area contributed by atoms with E-state index in [0.717, 1.165) is 66.5 Å². The summed E-state index contributed by atoms with van der Waals surface area (Å²) in [6.45, 7) is 10.1. The number of aromatic nitrogens is 1. The van der Waals surface area contributed by atoms with E-state index in [1.165, 1.54) is 15.3 Å². The maximum absolute atomic E-state index is 11.3. The number of hydrogen-bond acceptors (Lipinski definition) is 6. The molecule has 3 aromatic carbocycles. The highest BCUT2D eigenvalue weighted by Gasteiger charge is 2.53. The lowest BCUT2D eigenvalue weighted by Gasteiger charge is -2.43. The zero-order valence-electron chi connectivity index (χ0n) is 29.2. The number of likely N-dealkylation sites (tertiary alicyclic amines) is 1. The number of benzene rings is 3. The van der Waals surface area contributed by atoms with Gasteiger partial charge >= 0.3 is 6.09 Å². The summed E-state index contributed by atoms with van der Waals surface area (Å²) in [5.74, 6) is 1.34. The van der Waals surface area contributed by atoms with Crippen molar-refractivity contribution >= 4 is 35.8 Å². The zero-order valence-corrected chi connectivity index (χ0v) is 30.2. The molecule has 1 saturated carbocycles. The van der Waals surface area contributed by atoms with Crippen molar-refractivity contribution in [3.05, 3.63) is 84.1 Å². The number of carbonyl (C=O) groups is 1. The summed E-state index contributed by atoms with van der Waals surface area (Å²) < 4.78 is 20.1. The van der Waals surface area contributed by atoms with Crippen LogP contribution in [0.25, 0.3) is 11.0 Å². The normalized spacial score (nSPS) is 16.8. The molecule has 1 saturated heterocycles. The first kappa shape index (κ1) is 34.2. The van der Waals surface area contributed by atoms with Gasteiger partial charge in [0, 0.05) is 37.0 Å². The van der Waals surface area contributed by atoms with Crippen molar-refractivity contribution in [2.24, 2.45) is 11.3 Å². The molecule has 0 radical (unpaired) electrons. The van der Waals surface area contributed by atoms with E-state index in [4.69, 9.17) is 13.7 Å². The quantitative estimate of drug-likeness (QED) is 0.154. The first-order valence-electron chi connectivity index (χ1n) is 17.4. The molecule has 0 spiro atoms. The molecule has 2 aliphatic rings. The summed E-state index contributed by atoms with van der Waals surface area (Å²) >= 11 is 0. The Bertz CT molecular complexity index is 1630. The van der Waals surface area contributed by atoms with Gasteiger partial charge in [0.15, 0.2) is 5.58 Å². The number of hydrogen-bond donors (Lipinski definition) is 1. The van der Waals surface area contributed by atoms with Gasteiger partial charge in [0.2, 0.25) is 0 Å². The van der Waals surface area contributed by atoms with Gasteiger partial charge in [-0.25, -0.2) is 4.79 Å². The Morgan fingerprint density at radius 2 is 1.60 bits per heavy atom. The number of piperidine rings is 1. The molecule has 1 aromatic heterocycles. The Balaban J connectivity index is 1.18. The van der Waals surface area contributed by atoms with E-state index in [2.05, 4.69) is 118 Å². The van der Waals surface area contributed by atoms with Crippen LogP contribution in [0.5, 0.6) is 5.75 Å². The van der Waals surface area contributed by atoms with Crippen LogP contribution in [0.1, 0.15) is 64.1 Å². The van der Waals surface area contributed by atoms with Gasteiger partial charge in [-0.05, 0) is 86.1 Å². The van der Waals surface area contributed by atoms with Crippen LogP contribution >= 0.6 is 0 Å². The number of ether oxygens (including phenoxy) is 1. The van der Waals surface area contributed by atoms with E-state index in [1.807, 2.05) is 0 Å². The predicted octanol–water partition coefficient (Wildman–Crippen LogP) is 6.95. The van der Waals surface area contributed by atoms with Crippen LogP contribution in [0, 0.1) is 11.3 Å². The molecule has 1 amide bonds. The fourth-order valence-corrected chi connectivity index (χ4v) is 12.1. The number of aryl methyl sites for hydroxylation is 1. The summed E-state index contributed by atoms with van der Waals surface area (Å²) in [7, 11) is 1.48. The summed E-state index contributed by atoms with van der Waals surface area (Å²) in [6, 6.07) is 25.9. The third-order valence-electron chi connectivity index (χ3n) is 10.4. The number of carboxylic acid groups (broad SMARTS) is 1. The largest absolute Gasteiger partial charge is 0.492 e. The smallest absolute Gasteiger partial charge is 0.407 e. The van der Waals surface area contributed by atoms with Crippen LogP contribution in [0.3, 0.4) is 0 Å². The molecule has 2 fully saturated rings. The van der Waals surface area contributed by atoms with E-state index >= 15 is 0 Å². The lowest BCUT2D eigenvalue weighted by atomic mass is 9.91. The minimum atomic E-state index is -2.64. The average Bonchev–Trinajstić information content (AvgIpc) is 3.73. The van der Waals surface area contributed by atoms with Gasteiger partial charge in [-0.2, -0.15) is 0 Å². The standard InChI is InChI=1S/C39H51N3O5Si/c1-38(2,3)48(30-12-8-6-9-13-30,31-14-10-7-11-15-31)46-28-39(22-23-39)27-45-35-19-17-32-34(40-47-36(32)33(35)26-41(4)5)18-16-29-20-24-42(25-21-29)37(43)44/h6-15,17,19,29H,16,18,20-28H2,1-5H3,(H,43,44). The van der Waals surface area contributed by atoms with Crippen molar-refractivity contribution < 1.29 is 23.6 Å². The Hall–Kier alpha value is -3.66. The zero-order chi connectivity index (χ0) is 33.9. The first-order chi connectivity index (χ1) is 23.0. The molecule has 1 N–H and O–H groups in total. The van der Waals surface area contributed by atoms with E-state index in [0.29, 0.717) is 38.8 Å². The molecule has 6 rings (SSSR count). The van der Waals surface area contributed by atoms with Crippen LogP contribution in [0.4, 0.5) is 4.79 Å². The molecule has 1 aliphatic carbocycles. The maximum Gasteiger partial charge on any atom is 0.407 e. The van der Waals surface area contributed by atoms with Gasteiger partial charge in [-0.1, -0.05) is 86.6 Å². The fraction of sp³-hybridized carbons (Fsp3) is 0.487.